The number of hydrogen-bond donors (Lipinski definition) is 1. The number of methoxy groups -OCH3 is 1. The van der Waals surface area contributed by atoms with Crippen molar-refractivity contribution in [2.45, 2.75) is 31.1 Å². The molecule has 1 N–H and O–H groups in total. The van der Waals surface area contributed by atoms with Crippen LogP contribution in [-0.2, 0) is 21.2 Å². The Hall–Kier alpha value is -1.64. The smallest absolute Gasteiger partial charge is 0.321 e. The maximum Gasteiger partial charge on any atom is 0.321 e. The van der Waals surface area contributed by atoms with Crippen LogP contribution in [0.3, 0.4) is 0 Å². The molecule has 3 rings (SSSR count). The van der Waals surface area contributed by atoms with Crippen molar-refractivity contribution in [3.8, 4) is 0 Å². The number of carbonyl (C=O) groups is 1. The van der Waals surface area contributed by atoms with Crippen molar-refractivity contribution >= 4 is 21.7 Å². The largest absolute Gasteiger partial charge is 0.383 e. The average Bonchev–Trinajstić information content (AvgIpc) is 3.05. The van der Waals surface area contributed by atoms with E-state index in [2.05, 4.69) is 12.2 Å². The number of carbonyl (C=O) groups excluding carboxylic acids is 1. The first-order valence-electron chi connectivity index (χ1n) is 9.11. The molecule has 8 heteroatoms. The second-order valence-electron chi connectivity index (χ2n) is 7.00. The summed E-state index contributed by atoms with van der Waals surface area (Å²) in [4.78, 5) is 14.3. The van der Waals surface area contributed by atoms with Crippen LogP contribution in [0.15, 0.2) is 23.1 Å². The fourth-order valence-electron chi connectivity index (χ4n) is 3.48. The van der Waals surface area contributed by atoms with Crippen LogP contribution < -0.4 is 10.2 Å². The number of sulfonamides is 1. The van der Waals surface area contributed by atoms with Crippen molar-refractivity contribution in [3.63, 3.8) is 0 Å². The number of anilines is 1. The first-order chi connectivity index (χ1) is 12.4. The topological polar surface area (TPSA) is 79.0 Å². The third kappa shape index (κ3) is 3.87. The number of rotatable bonds is 5. The Bertz CT molecular complexity index is 758. The van der Waals surface area contributed by atoms with Gasteiger partial charge in [0.25, 0.3) is 0 Å². The third-order valence-corrected chi connectivity index (χ3v) is 7.05. The number of nitrogens with one attached hydrogen (secondary N) is 1. The van der Waals surface area contributed by atoms with E-state index in [1.54, 1.807) is 34.5 Å². The van der Waals surface area contributed by atoms with Gasteiger partial charge in [-0.3, -0.25) is 4.90 Å². The molecule has 0 saturated carbocycles. The van der Waals surface area contributed by atoms with E-state index >= 15 is 0 Å². The van der Waals surface area contributed by atoms with Gasteiger partial charge in [-0.25, -0.2) is 13.2 Å². The third-order valence-electron chi connectivity index (χ3n) is 5.15. The molecule has 0 atom stereocenters. The first kappa shape index (κ1) is 19.1. The molecule has 0 aliphatic carbocycles. The average molecular weight is 381 g/mol. The number of urea groups is 1. The van der Waals surface area contributed by atoms with Gasteiger partial charge in [0.1, 0.15) is 0 Å². The molecule has 1 fully saturated rings. The zero-order valence-electron chi connectivity index (χ0n) is 15.4. The lowest BCUT2D eigenvalue weighted by Crippen LogP contribution is -2.40. The second kappa shape index (κ2) is 7.94. The lowest BCUT2D eigenvalue weighted by Gasteiger charge is -2.29. The Morgan fingerprint density at radius 2 is 2.00 bits per heavy atom. The van der Waals surface area contributed by atoms with Crippen molar-refractivity contribution in [2.75, 3.05) is 44.8 Å². The lowest BCUT2D eigenvalue weighted by molar-refractivity contribution is 0.197. The summed E-state index contributed by atoms with van der Waals surface area (Å²) in [5, 5.41) is 2.80. The van der Waals surface area contributed by atoms with E-state index in [0.717, 1.165) is 24.1 Å². The van der Waals surface area contributed by atoms with Gasteiger partial charge in [-0.15, -0.1) is 0 Å². The molecular formula is C18H27N3O4S. The fraction of sp³-hybridized carbons (Fsp3) is 0.611. The summed E-state index contributed by atoms with van der Waals surface area (Å²) in [5.74, 6) is 0.576. The Morgan fingerprint density at radius 3 is 2.69 bits per heavy atom. The molecular weight excluding hydrogens is 354 g/mol. The van der Waals surface area contributed by atoms with Crippen molar-refractivity contribution in [1.82, 2.24) is 9.62 Å². The van der Waals surface area contributed by atoms with Crippen LogP contribution in [0.1, 0.15) is 25.3 Å². The van der Waals surface area contributed by atoms with Crippen molar-refractivity contribution in [2.24, 2.45) is 5.92 Å². The molecule has 144 valence electrons. The van der Waals surface area contributed by atoms with E-state index in [0.29, 0.717) is 50.0 Å². The molecule has 2 aliphatic rings. The molecule has 1 aromatic carbocycles. The van der Waals surface area contributed by atoms with E-state index in [9.17, 15) is 13.2 Å². The predicted molar refractivity (Wildman–Crippen MR) is 99.9 cm³/mol. The maximum absolute atomic E-state index is 12.9. The number of benzene rings is 1. The minimum Gasteiger partial charge on any atom is -0.383 e. The molecule has 2 heterocycles. The van der Waals surface area contributed by atoms with Gasteiger partial charge in [-0.05, 0) is 48.9 Å². The number of amides is 2. The van der Waals surface area contributed by atoms with Crippen LogP contribution >= 0.6 is 0 Å². The van der Waals surface area contributed by atoms with Gasteiger partial charge in [0, 0.05) is 39.0 Å². The highest BCUT2D eigenvalue weighted by molar-refractivity contribution is 7.89. The summed E-state index contributed by atoms with van der Waals surface area (Å²) in [6, 6.07) is 4.91. The van der Waals surface area contributed by atoms with Gasteiger partial charge in [0.2, 0.25) is 10.0 Å². The summed E-state index contributed by atoms with van der Waals surface area (Å²) in [6.07, 6.45) is 2.46. The molecule has 1 saturated heterocycles. The summed E-state index contributed by atoms with van der Waals surface area (Å²) < 4.78 is 32.3. The quantitative estimate of drug-likeness (QED) is 0.789. The Labute approximate surface area is 155 Å². The molecule has 0 spiro atoms. The van der Waals surface area contributed by atoms with Crippen LogP contribution in [0.4, 0.5) is 10.5 Å². The van der Waals surface area contributed by atoms with Crippen LogP contribution in [0, 0.1) is 5.92 Å². The number of fused-ring (bicyclic) bond motifs is 1. The highest BCUT2D eigenvalue weighted by Crippen LogP contribution is 2.32. The van der Waals surface area contributed by atoms with Crippen molar-refractivity contribution < 1.29 is 17.9 Å². The standard InChI is InChI=1S/C18H27N3O4S/c1-14-5-9-20(10-6-14)26(23,24)16-3-4-17-15(13-16)7-11-21(17)18(22)19-8-12-25-2/h3-4,13-14H,5-12H2,1-2H3,(H,19,22). The van der Waals surface area contributed by atoms with Gasteiger partial charge < -0.3 is 10.1 Å². The van der Waals surface area contributed by atoms with Gasteiger partial charge in [-0.2, -0.15) is 4.31 Å². The van der Waals surface area contributed by atoms with E-state index in [4.69, 9.17) is 4.74 Å². The van der Waals surface area contributed by atoms with E-state index < -0.39 is 10.0 Å². The highest BCUT2D eigenvalue weighted by atomic mass is 32.2. The summed E-state index contributed by atoms with van der Waals surface area (Å²) in [7, 11) is -1.88. The molecule has 0 aromatic heterocycles. The van der Waals surface area contributed by atoms with Crippen molar-refractivity contribution in [3.05, 3.63) is 23.8 Å². The molecule has 7 nitrogen and oxygen atoms in total. The number of piperidine rings is 1. The van der Waals surface area contributed by atoms with E-state index in [1.165, 1.54) is 0 Å². The predicted octanol–water partition coefficient (Wildman–Crippen LogP) is 1.83. The van der Waals surface area contributed by atoms with Gasteiger partial charge in [-0.1, -0.05) is 6.92 Å². The van der Waals surface area contributed by atoms with Gasteiger partial charge in [0.05, 0.1) is 11.5 Å². The number of ether oxygens (including phenoxy) is 1. The zero-order chi connectivity index (χ0) is 18.7. The molecule has 0 radical (unpaired) electrons. The second-order valence-corrected chi connectivity index (χ2v) is 8.94. The molecule has 1 aromatic rings. The Morgan fingerprint density at radius 1 is 1.27 bits per heavy atom. The van der Waals surface area contributed by atoms with Gasteiger partial charge in [0.15, 0.2) is 0 Å². The Kier molecular flexibility index (Phi) is 5.84. The van der Waals surface area contributed by atoms with Crippen molar-refractivity contribution in [1.29, 1.82) is 0 Å². The van der Waals surface area contributed by atoms with Crippen LogP contribution in [0.5, 0.6) is 0 Å². The minimum absolute atomic E-state index is 0.179. The summed E-state index contributed by atoms with van der Waals surface area (Å²) in [5.41, 5.74) is 1.68. The highest BCUT2D eigenvalue weighted by Gasteiger charge is 2.31. The minimum atomic E-state index is -3.46. The normalized spacial score (nSPS) is 18.8. The molecule has 2 amide bonds. The van der Waals surface area contributed by atoms with E-state index in [1.807, 2.05) is 0 Å². The van der Waals surface area contributed by atoms with E-state index in [-0.39, 0.29) is 6.03 Å². The first-order valence-corrected chi connectivity index (χ1v) is 10.5. The SMILES string of the molecule is COCCNC(=O)N1CCc2cc(S(=O)(=O)N3CCC(C)CC3)ccc21. The molecule has 2 aliphatic heterocycles. The fourth-order valence-corrected chi connectivity index (χ4v) is 5.00. The monoisotopic (exact) mass is 381 g/mol. The number of hydrogen-bond acceptors (Lipinski definition) is 4. The van der Waals surface area contributed by atoms with Crippen LogP contribution in [0.25, 0.3) is 0 Å². The van der Waals surface area contributed by atoms with Crippen LogP contribution in [-0.4, -0.2) is 58.6 Å². The van der Waals surface area contributed by atoms with Gasteiger partial charge >= 0.3 is 6.03 Å². The summed E-state index contributed by atoms with van der Waals surface area (Å²) in [6.45, 7) is 4.77. The maximum atomic E-state index is 12.9. The Balaban J connectivity index is 1.74. The molecule has 0 unspecified atom stereocenters. The lowest BCUT2D eigenvalue weighted by atomic mass is 10.0. The zero-order valence-corrected chi connectivity index (χ0v) is 16.2. The molecule has 26 heavy (non-hydrogen) atoms. The summed E-state index contributed by atoms with van der Waals surface area (Å²) >= 11 is 0. The van der Waals surface area contributed by atoms with Crippen LogP contribution in [0.2, 0.25) is 0 Å². The molecule has 0 bridgehead atoms. The number of nitrogens with zero attached hydrogens (tertiary/aromatic N) is 2.